The summed E-state index contributed by atoms with van der Waals surface area (Å²) in [5.41, 5.74) is -3.42. The van der Waals surface area contributed by atoms with E-state index in [9.17, 15) is 34.8 Å². The monoisotopic (exact) mass is 442 g/mol. The number of methoxy groups -OCH3 is 1. The van der Waals surface area contributed by atoms with Crippen molar-refractivity contribution in [2.45, 2.75) is 31.5 Å². The normalized spacial score (nSPS) is 21.6. The van der Waals surface area contributed by atoms with Gasteiger partial charge >= 0.3 is 0 Å². The molecular weight excluding hydrogens is 420 g/mol. The molecule has 4 N–H and O–H groups in total. The first kappa shape index (κ1) is 21.9. The number of hydrogen-bond donors (Lipinski definition) is 4. The van der Waals surface area contributed by atoms with E-state index < -0.39 is 71.1 Å². The molecule has 168 valence electrons. The zero-order valence-electron chi connectivity index (χ0n) is 17.5. The molecule has 4 rings (SSSR count). The lowest BCUT2D eigenvalue weighted by Gasteiger charge is -2.37. The molecule has 0 saturated heterocycles. The molecule has 0 fully saturated rings. The minimum Gasteiger partial charge on any atom is -0.507 e. The number of aromatic hydroxyl groups is 2. The molecule has 2 aromatic carbocycles. The first-order valence-electron chi connectivity index (χ1n) is 10.0. The molecule has 9 nitrogen and oxygen atoms in total. The summed E-state index contributed by atoms with van der Waals surface area (Å²) in [6, 6.07) is 4.40. The Hall–Kier alpha value is -3.27. The van der Waals surface area contributed by atoms with E-state index >= 15 is 0 Å². The summed E-state index contributed by atoms with van der Waals surface area (Å²) in [7, 11) is 1.33. The van der Waals surface area contributed by atoms with E-state index in [0.29, 0.717) is 0 Å². The molecule has 0 aromatic heterocycles. The third kappa shape index (κ3) is 3.01. The van der Waals surface area contributed by atoms with Crippen molar-refractivity contribution in [1.29, 1.82) is 0 Å². The largest absolute Gasteiger partial charge is 0.507 e. The van der Waals surface area contributed by atoms with Crippen molar-refractivity contribution >= 4 is 17.3 Å². The molecule has 2 aliphatic rings. The van der Waals surface area contributed by atoms with Crippen LogP contribution in [0.5, 0.6) is 17.2 Å². The molecule has 0 bridgehead atoms. The van der Waals surface area contributed by atoms with Crippen LogP contribution < -0.4 is 4.74 Å². The van der Waals surface area contributed by atoms with Crippen LogP contribution in [-0.4, -0.2) is 63.7 Å². The molecule has 32 heavy (non-hydrogen) atoms. The highest BCUT2D eigenvalue weighted by Gasteiger charge is 2.48. The predicted molar refractivity (Wildman–Crippen MR) is 109 cm³/mol. The number of ketones is 3. The van der Waals surface area contributed by atoms with Crippen molar-refractivity contribution in [3.05, 3.63) is 51.6 Å². The Kier molecular flexibility index (Phi) is 5.28. The highest BCUT2D eigenvalue weighted by molar-refractivity contribution is 6.31. The van der Waals surface area contributed by atoms with E-state index in [1.807, 2.05) is 0 Å². The fourth-order valence-electron chi connectivity index (χ4n) is 4.49. The lowest BCUT2D eigenvalue weighted by molar-refractivity contribution is -0.146. The number of rotatable bonds is 5. The summed E-state index contributed by atoms with van der Waals surface area (Å²) in [5, 5.41) is 43.5. The van der Waals surface area contributed by atoms with Crippen LogP contribution >= 0.6 is 0 Å². The van der Waals surface area contributed by atoms with Crippen molar-refractivity contribution in [3.63, 3.8) is 0 Å². The third-order valence-electron chi connectivity index (χ3n) is 6.05. The summed E-state index contributed by atoms with van der Waals surface area (Å²) in [4.78, 5) is 39.0. The molecule has 2 aliphatic carbocycles. The second kappa shape index (κ2) is 7.70. The van der Waals surface area contributed by atoms with Gasteiger partial charge in [0, 0.05) is 36.1 Å². The van der Waals surface area contributed by atoms with E-state index in [2.05, 4.69) is 0 Å². The highest BCUT2D eigenvalue weighted by atomic mass is 16.5. The van der Waals surface area contributed by atoms with Crippen LogP contribution in [0.15, 0.2) is 18.2 Å². The molecule has 0 heterocycles. The number of benzene rings is 2. The first-order chi connectivity index (χ1) is 15.2. The molecule has 0 aliphatic heterocycles. The van der Waals surface area contributed by atoms with Gasteiger partial charge in [-0.1, -0.05) is 12.1 Å². The molecule has 2 unspecified atom stereocenters. The average molecular weight is 442 g/mol. The van der Waals surface area contributed by atoms with Gasteiger partial charge in [-0.05, 0) is 13.0 Å². The van der Waals surface area contributed by atoms with Crippen molar-refractivity contribution in [1.82, 2.24) is 0 Å². The second-order valence-electron chi connectivity index (χ2n) is 7.87. The quantitative estimate of drug-likeness (QED) is 0.427. The highest BCUT2D eigenvalue weighted by Crippen LogP contribution is 2.50. The molecule has 0 radical (unpaired) electrons. The molecule has 2 aromatic rings. The number of aliphatic hydroxyl groups excluding tert-OH is 1. The van der Waals surface area contributed by atoms with Gasteiger partial charge in [0.05, 0.1) is 29.9 Å². The van der Waals surface area contributed by atoms with Gasteiger partial charge in [0.25, 0.3) is 0 Å². The van der Waals surface area contributed by atoms with Crippen molar-refractivity contribution in [2.24, 2.45) is 0 Å². The van der Waals surface area contributed by atoms with Gasteiger partial charge in [-0.15, -0.1) is 0 Å². The molecule has 0 amide bonds. The smallest absolute Gasteiger partial charge is 0.202 e. The number of phenols is 2. The number of phenolic OH excluding ortho intramolecular Hbond substituents is 2. The van der Waals surface area contributed by atoms with Crippen molar-refractivity contribution in [3.8, 4) is 17.2 Å². The number of carbonyl (C=O) groups excluding carboxylic acids is 3. The second-order valence-corrected chi connectivity index (χ2v) is 7.87. The molecule has 2 atom stereocenters. The third-order valence-corrected chi connectivity index (χ3v) is 6.05. The molecule has 0 saturated carbocycles. The van der Waals surface area contributed by atoms with E-state index in [0.717, 1.165) is 0 Å². The zero-order valence-corrected chi connectivity index (χ0v) is 17.5. The average Bonchev–Trinajstić information content (AvgIpc) is 2.77. The molecular formula is C23H22O9. The van der Waals surface area contributed by atoms with Crippen molar-refractivity contribution in [2.75, 3.05) is 20.3 Å². The van der Waals surface area contributed by atoms with E-state index in [-0.39, 0.29) is 34.6 Å². The van der Waals surface area contributed by atoms with Crippen LogP contribution in [0.1, 0.15) is 62.4 Å². The first-order valence-corrected chi connectivity index (χ1v) is 10.0. The lowest BCUT2D eigenvalue weighted by atomic mass is 9.72. The number of carbonyl (C=O) groups is 3. The summed E-state index contributed by atoms with van der Waals surface area (Å²) >= 11 is 0. The van der Waals surface area contributed by atoms with Crippen LogP contribution in [0.25, 0.3) is 0 Å². The van der Waals surface area contributed by atoms with Gasteiger partial charge in [-0.2, -0.15) is 0 Å². The van der Waals surface area contributed by atoms with Crippen molar-refractivity contribution < 1.29 is 44.3 Å². The maximum Gasteiger partial charge on any atom is 0.202 e. The van der Waals surface area contributed by atoms with Crippen LogP contribution in [-0.2, 0) is 16.0 Å². The summed E-state index contributed by atoms with van der Waals surface area (Å²) in [5.74, 6) is -3.40. The summed E-state index contributed by atoms with van der Waals surface area (Å²) in [6.45, 7) is 1.51. The Morgan fingerprint density at radius 1 is 1.12 bits per heavy atom. The maximum absolute atomic E-state index is 13.2. The number of aliphatic hydroxyl groups is 2. The number of hydrogen-bond acceptors (Lipinski definition) is 9. The van der Waals surface area contributed by atoms with Crippen LogP contribution in [0.4, 0.5) is 0 Å². The van der Waals surface area contributed by atoms with Gasteiger partial charge in [0.2, 0.25) is 5.78 Å². The predicted octanol–water partition coefficient (Wildman–Crippen LogP) is 1.20. The van der Waals surface area contributed by atoms with Gasteiger partial charge in [-0.3, -0.25) is 14.4 Å². The minimum atomic E-state index is -2.08. The van der Waals surface area contributed by atoms with Gasteiger partial charge in [0.15, 0.2) is 11.6 Å². The molecule has 9 heteroatoms. The fourth-order valence-corrected chi connectivity index (χ4v) is 4.49. The SMILES string of the molecule is CCOCC(=O)C1(O)Cc2c(O)c3c(c(O)c2C(O)C1)C(=O)c1c(OC)cccc1C3=O. The van der Waals surface area contributed by atoms with E-state index in [1.165, 1.54) is 25.3 Å². The number of fused-ring (bicyclic) bond motifs is 3. The summed E-state index contributed by atoms with van der Waals surface area (Å²) < 4.78 is 10.2. The number of Topliss-reactive ketones (excluding diaryl/α,β-unsaturated/α-hetero) is 1. The Morgan fingerprint density at radius 2 is 1.81 bits per heavy atom. The Labute approximate surface area is 182 Å². The van der Waals surface area contributed by atoms with Crippen LogP contribution in [0.3, 0.4) is 0 Å². The topological polar surface area (TPSA) is 151 Å². The van der Waals surface area contributed by atoms with Gasteiger partial charge < -0.3 is 29.9 Å². The van der Waals surface area contributed by atoms with E-state index in [1.54, 1.807) is 6.92 Å². The fraction of sp³-hybridized carbons (Fsp3) is 0.348. The molecule has 0 spiro atoms. The zero-order chi connectivity index (χ0) is 23.4. The van der Waals surface area contributed by atoms with Crippen LogP contribution in [0.2, 0.25) is 0 Å². The Bertz CT molecular complexity index is 1170. The Balaban J connectivity index is 1.92. The van der Waals surface area contributed by atoms with Gasteiger partial charge in [-0.25, -0.2) is 0 Å². The lowest BCUT2D eigenvalue weighted by Crippen LogP contribution is -2.47. The minimum absolute atomic E-state index is 0.0180. The standard InChI is InChI=1S/C23H22O9/c1-3-32-9-14(25)23(30)7-11-15(12(24)8-23)21(28)18-17(20(11)27)19(26)10-5-4-6-13(31-2)16(10)22(18)29/h4-6,12,24,27-28,30H,3,7-9H2,1-2H3. The summed E-state index contributed by atoms with van der Waals surface area (Å²) in [6.07, 6.45) is -2.52. The van der Waals surface area contributed by atoms with Crippen LogP contribution in [0, 0.1) is 0 Å². The number of ether oxygens (including phenoxy) is 2. The maximum atomic E-state index is 13.2. The van der Waals surface area contributed by atoms with Gasteiger partial charge in [0.1, 0.15) is 29.5 Å². The van der Waals surface area contributed by atoms with E-state index in [4.69, 9.17) is 9.47 Å². The Morgan fingerprint density at radius 3 is 2.47 bits per heavy atom.